The molecule has 0 radical (unpaired) electrons. The van der Waals surface area contributed by atoms with Gasteiger partial charge in [0.1, 0.15) is 5.76 Å². The van der Waals surface area contributed by atoms with Gasteiger partial charge in [-0.15, -0.1) is 0 Å². The maximum Gasteiger partial charge on any atom is 0.330 e. The largest absolute Gasteiger partial charge is 0.467 e. The number of furan rings is 1. The molecule has 1 aromatic carbocycles. The van der Waals surface area contributed by atoms with Crippen LogP contribution >= 0.6 is 0 Å². The van der Waals surface area contributed by atoms with E-state index in [1.165, 1.54) is 43.3 Å². The average molecular weight is 436 g/mol. The summed E-state index contributed by atoms with van der Waals surface area (Å²) in [6.07, 6.45) is 5.61. The second-order valence-corrected chi connectivity index (χ2v) is 7.23. The number of carbonyl (C=O) groups is 2. The fourth-order valence-electron chi connectivity index (χ4n) is 3.15. The summed E-state index contributed by atoms with van der Waals surface area (Å²) in [6, 6.07) is 10.4. The lowest BCUT2D eigenvalue weighted by Crippen LogP contribution is -2.37. The molecule has 1 N–H and O–H groups in total. The van der Waals surface area contributed by atoms with Gasteiger partial charge in [-0.1, -0.05) is 12.1 Å². The Balaban J connectivity index is 1.84. The van der Waals surface area contributed by atoms with Crippen LogP contribution in [0.5, 0.6) is 0 Å². The number of aryl methyl sites for hydroxylation is 1. The Hall–Kier alpha value is -4.14. The van der Waals surface area contributed by atoms with Gasteiger partial charge in [0.05, 0.1) is 18.4 Å². The number of amides is 2. The first-order valence-corrected chi connectivity index (χ1v) is 9.87. The Kier molecular flexibility index (Phi) is 6.89. The quantitative estimate of drug-likeness (QED) is 0.562. The van der Waals surface area contributed by atoms with Gasteiger partial charge in [-0.2, -0.15) is 0 Å². The summed E-state index contributed by atoms with van der Waals surface area (Å²) < 4.78 is 7.64. The van der Waals surface area contributed by atoms with Crippen molar-refractivity contribution in [1.29, 1.82) is 0 Å². The van der Waals surface area contributed by atoms with Crippen LogP contribution in [0.25, 0.3) is 6.08 Å². The van der Waals surface area contributed by atoms with Crippen molar-refractivity contribution in [1.82, 2.24) is 19.4 Å². The van der Waals surface area contributed by atoms with E-state index in [2.05, 4.69) is 5.32 Å². The number of nitrogens with one attached hydrogen (secondary N) is 1. The molecule has 32 heavy (non-hydrogen) atoms. The molecular weight excluding hydrogens is 412 g/mol. The van der Waals surface area contributed by atoms with Crippen molar-refractivity contribution in [2.45, 2.75) is 13.1 Å². The van der Waals surface area contributed by atoms with Crippen LogP contribution in [0.3, 0.4) is 0 Å². The first-order chi connectivity index (χ1) is 15.3. The van der Waals surface area contributed by atoms with E-state index in [9.17, 15) is 19.2 Å². The molecule has 0 aliphatic heterocycles. The maximum absolute atomic E-state index is 13.0. The van der Waals surface area contributed by atoms with Crippen LogP contribution in [0, 0.1) is 0 Å². The molecule has 0 bridgehead atoms. The highest BCUT2D eigenvalue weighted by Crippen LogP contribution is 2.13. The van der Waals surface area contributed by atoms with Crippen LogP contribution in [-0.2, 0) is 32.0 Å². The predicted octanol–water partition coefficient (Wildman–Crippen LogP) is 1.28. The van der Waals surface area contributed by atoms with Gasteiger partial charge in [0.15, 0.2) is 0 Å². The topological polar surface area (TPSA) is 107 Å². The minimum atomic E-state index is -0.487. The third-order valence-corrected chi connectivity index (χ3v) is 4.93. The Morgan fingerprint density at radius 2 is 1.81 bits per heavy atom. The molecule has 3 aromatic rings. The van der Waals surface area contributed by atoms with Crippen molar-refractivity contribution in [3.63, 3.8) is 0 Å². The first-order valence-electron chi connectivity index (χ1n) is 9.87. The van der Waals surface area contributed by atoms with E-state index in [0.29, 0.717) is 11.3 Å². The molecule has 0 spiro atoms. The SMILES string of the molecule is CNC(=O)c1ccc(CN(Cc2ccco2)C(=O)/C=C/c2cn(C)c(=O)n(C)c2=O)cc1. The van der Waals surface area contributed by atoms with E-state index in [0.717, 1.165) is 10.1 Å². The van der Waals surface area contributed by atoms with Gasteiger partial charge in [-0.25, -0.2) is 4.79 Å². The normalized spacial score (nSPS) is 11.0. The van der Waals surface area contributed by atoms with E-state index in [4.69, 9.17) is 4.42 Å². The van der Waals surface area contributed by atoms with Crippen LogP contribution < -0.4 is 16.6 Å². The van der Waals surface area contributed by atoms with Gasteiger partial charge in [0.2, 0.25) is 5.91 Å². The molecule has 0 unspecified atom stereocenters. The van der Waals surface area contributed by atoms with Crippen LogP contribution in [0.2, 0.25) is 0 Å². The van der Waals surface area contributed by atoms with Crippen molar-refractivity contribution in [3.8, 4) is 0 Å². The fraction of sp³-hybridized carbons (Fsp3) is 0.217. The lowest BCUT2D eigenvalue weighted by Gasteiger charge is -2.20. The molecule has 2 heterocycles. The fourth-order valence-corrected chi connectivity index (χ4v) is 3.15. The van der Waals surface area contributed by atoms with Crippen molar-refractivity contribution >= 4 is 17.9 Å². The summed E-state index contributed by atoms with van der Waals surface area (Å²) in [5, 5.41) is 2.56. The maximum atomic E-state index is 13.0. The third-order valence-electron chi connectivity index (χ3n) is 4.93. The van der Waals surface area contributed by atoms with Crippen molar-refractivity contribution < 1.29 is 14.0 Å². The molecule has 0 saturated heterocycles. The average Bonchev–Trinajstić information content (AvgIpc) is 3.31. The summed E-state index contributed by atoms with van der Waals surface area (Å²) in [5.41, 5.74) is 0.628. The summed E-state index contributed by atoms with van der Waals surface area (Å²) >= 11 is 0. The molecule has 0 saturated carbocycles. The standard InChI is InChI=1S/C23H24N4O5/c1-24-21(29)17-8-6-16(7-9-17)13-27(15-19-5-4-12-32-19)20(28)11-10-18-14-25(2)23(31)26(3)22(18)30/h4-12,14H,13,15H2,1-3H3,(H,24,29)/b11-10+. The molecule has 9 heteroatoms. The van der Waals surface area contributed by atoms with E-state index in [-0.39, 0.29) is 30.5 Å². The number of rotatable bonds is 7. The zero-order valence-electron chi connectivity index (χ0n) is 18.1. The van der Waals surface area contributed by atoms with Gasteiger partial charge in [-0.05, 0) is 35.9 Å². The summed E-state index contributed by atoms with van der Waals surface area (Å²) in [4.78, 5) is 50.4. The van der Waals surface area contributed by atoms with Gasteiger partial charge >= 0.3 is 5.69 Å². The molecule has 0 aliphatic carbocycles. The van der Waals surface area contributed by atoms with Gasteiger partial charge < -0.3 is 19.2 Å². The monoisotopic (exact) mass is 436 g/mol. The molecule has 166 valence electrons. The second-order valence-electron chi connectivity index (χ2n) is 7.23. The van der Waals surface area contributed by atoms with E-state index < -0.39 is 11.2 Å². The Labute approximate surface area is 184 Å². The third kappa shape index (κ3) is 5.12. The number of hydrogen-bond donors (Lipinski definition) is 1. The van der Waals surface area contributed by atoms with Crippen molar-refractivity contribution in [3.05, 3.63) is 98.2 Å². The molecule has 0 fully saturated rings. The Bertz CT molecular complexity index is 1250. The predicted molar refractivity (Wildman–Crippen MR) is 119 cm³/mol. The zero-order valence-corrected chi connectivity index (χ0v) is 18.1. The molecular formula is C23H24N4O5. The molecule has 9 nitrogen and oxygen atoms in total. The molecule has 2 aromatic heterocycles. The highest BCUT2D eigenvalue weighted by atomic mass is 16.3. The van der Waals surface area contributed by atoms with Crippen LogP contribution in [-0.4, -0.2) is 32.9 Å². The van der Waals surface area contributed by atoms with Crippen LogP contribution in [0.1, 0.15) is 27.2 Å². The van der Waals surface area contributed by atoms with Crippen LogP contribution in [0.4, 0.5) is 0 Å². The Morgan fingerprint density at radius 3 is 2.44 bits per heavy atom. The van der Waals surface area contributed by atoms with Gasteiger partial charge in [-0.3, -0.25) is 19.0 Å². The highest BCUT2D eigenvalue weighted by molar-refractivity contribution is 5.94. The Morgan fingerprint density at radius 1 is 1.09 bits per heavy atom. The summed E-state index contributed by atoms with van der Waals surface area (Å²) in [7, 11) is 4.48. The van der Waals surface area contributed by atoms with Gasteiger partial charge in [0.25, 0.3) is 11.5 Å². The number of benzene rings is 1. The lowest BCUT2D eigenvalue weighted by molar-refractivity contribution is -0.127. The van der Waals surface area contributed by atoms with Crippen molar-refractivity contribution in [2.24, 2.45) is 14.1 Å². The number of aromatic nitrogens is 2. The lowest BCUT2D eigenvalue weighted by atomic mass is 10.1. The first kappa shape index (κ1) is 22.5. The number of nitrogens with zero attached hydrogens (tertiary/aromatic N) is 3. The minimum Gasteiger partial charge on any atom is -0.467 e. The molecule has 0 aliphatic rings. The summed E-state index contributed by atoms with van der Waals surface area (Å²) in [5.74, 6) is 0.0706. The molecule has 2 amide bonds. The van der Waals surface area contributed by atoms with E-state index in [1.807, 2.05) is 0 Å². The van der Waals surface area contributed by atoms with E-state index >= 15 is 0 Å². The van der Waals surface area contributed by atoms with E-state index in [1.54, 1.807) is 48.3 Å². The highest BCUT2D eigenvalue weighted by Gasteiger charge is 2.15. The zero-order chi connectivity index (χ0) is 23.3. The van der Waals surface area contributed by atoms with Crippen molar-refractivity contribution in [2.75, 3.05) is 7.05 Å². The summed E-state index contributed by atoms with van der Waals surface area (Å²) in [6.45, 7) is 0.488. The second kappa shape index (κ2) is 9.78. The van der Waals surface area contributed by atoms with Crippen LogP contribution in [0.15, 0.2) is 68.9 Å². The number of carbonyl (C=O) groups excluding carboxylic acids is 2. The molecule has 0 atom stereocenters. The van der Waals surface area contributed by atoms with Gasteiger partial charge in [0, 0.05) is 45.5 Å². The molecule has 3 rings (SSSR count). The smallest absolute Gasteiger partial charge is 0.330 e. The number of hydrogen-bond acceptors (Lipinski definition) is 5. The minimum absolute atomic E-state index is 0.193.